The first-order chi connectivity index (χ1) is 6.31. The number of hydrogen-bond donors (Lipinski definition) is 0. The lowest BCUT2D eigenvalue weighted by Gasteiger charge is -1.99. The van der Waals surface area contributed by atoms with Crippen molar-refractivity contribution in [3.05, 3.63) is 36.0 Å². The zero-order valence-electron chi connectivity index (χ0n) is 7.63. The summed E-state index contributed by atoms with van der Waals surface area (Å²) < 4.78 is 2.12. The highest BCUT2D eigenvalue weighted by molar-refractivity contribution is 6.18. The maximum atomic E-state index is 5.69. The largest absolute Gasteiger partial charge is 0.351 e. The van der Waals surface area contributed by atoms with Gasteiger partial charge >= 0.3 is 0 Å². The Morgan fingerprint density at radius 1 is 1.31 bits per heavy atom. The lowest BCUT2D eigenvalue weighted by atomic mass is 10.1. The number of halogens is 1. The van der Waals surface area contributed by atoms with Crippen LogP contribution in [0.5, 0.6) is 0 Å². The molecule has 0 spiro atoms. The molecule has 1 aromatic heterocycles. The Bertz CT molecular complexity index is 417. The van der Waals surface area contributed by atoms with Gasteiger partial charge in [0.05, 0.1) is 0 Å². The Balaban J connectivity index is 2.50. The highest BCUT2D eigenvalue weighted by atomic mass is 35.5. The van der Waals surface area contributed by atoms with Crippen LogP contribution in [0.25, 0.3) is 10.9 Å². The SMILES string of the molecule is Cn1ccc2cc(CCCl)ccc21. The summed E-state index contributed by atoms with van der Waals surface area (Å²) in [7, 11) is 2.06. The standard InChI is InChI=1S/C11H12ClN/c1-13-7-5-10-8-9(4-6-12)2-3-11(10)13/h2-3,5,7-8H,4,6H2,1H3. The molecule has 0 aliphatic heterocycles. The van der Waals surface area contributed by atoms with E-state index in [2.05, 4.69) is 42.1 Å². The number of aromatic nitrogens is 1. The molecular weight excluding hydrogens is 182 g/mol. The van der Waals surface area contributed by atoms with Crippen molar-refractivity contribution in [2.24, 2.45) is 7.05 Å². The molecule has 0 saturated carbocycles. The van der Waals surface area contributed by atoms with Gasteiger partial charge in [0, 0.05) is 24.6 Å². The normalized spacial score (nSPS) is 10.9. The summed E-state index contributed by atoms with van der Waals surface area (Å²) in [6.45, 7) is 0. The van der Waals surface area contributed by atoms with E-state index < -0.39 is 0 Å². The van der Waals surface area contributed by atoms with Gasteiger partial charge < -0.3 is 4.57 Å². The molecule has 0 fully saturated rings. The van der Waals surface area contributed by atoms with Crippen LogP contribution in [0.2, 0.25) is 0 Å². The van der Waals surface area contributed by atoms with Crippen molar-refractivity contribution in [3.8, 4) is 0 Å². The van der Waals surface area contributed by atoms with Crippen LogP contribution in [0.15, 0.2) is 30.5 Å². The maximum Gasteiger partial charge on any atom is 0.0477 e. The van der Waals surface area contributed by atoms with E-state index in [1.807, 2.05) is 0 Å². The zero-order valence-corrected chi connectivity index (χ0v) is 8.38. The topological polar surface area (TPSA) is 4.93 Å². The highest BCUT2D eigenvalue weighted by Gasteiger charge is 1.98. The van der Waals surface area contributed by atoms with Crippen molar-refractivity contribution in [1.29, 1.82) is 0 Å². The van der Waals surface area contributed by atoms with Gasteiger partial charge in [0.15, 0.2) is 0 Å². The zero-order chi connectivity index (χ0) is 9.26. The van der Waals surface area contributed by atoms with Crippen molar-refractivity contribution >= 4 is 22.5 Å². The first kappa shape index (κ1) is 8.64. The van der Waals surface area contributed by atoms with E-state index in [1.165, 1.54) is 16.5 Å². The van der Waals surface area contributed by atoms with Crippen LogP contribution in [0, 0.1) is 0 Å². The lowest BCUT2D eigenvalue weighted by Crippen LogP contribution is -1.87. The Hall–Kier alpha value is -0.950. The van der Waals surface area contributed by atoms with Crippen LogP contribution in [0.3, 0.4) is 0 Å². The molecule has 1 heterocycles. The van der Waals surface area contributed by atoms with E-state index in [0.29, 0.717) is 5.88 Å². The minimum absolute atomic E-state index is 0.693. The number of rotatable bonds is 2. The van der Waals surface area contributed by atoms with Gasteiger partial charge in [-0.05, 0) is 35.6 Å². The molecule has 0 aliphatic rings. The fourth-order valence-corrected chi connectivity index (χ4v) is 1.81. The van der Waals surface area contributed by atoms with Gasteiger partial charge in [0.1, 0.15) is 0 Å². The first-order valence-electron chi connectivity index (χ1n) is 4.41. The van der Waals surface area contributed by atoms with Crippen LogP contribution < -0.4 is 0 Å². The molecule has 0 bridgehead atoms. The van der Waals surface area contributed by atoms with Crippen LogP contribution >= 0.6 is 11.6 Å². The molecule has 0 saturated heterocycles. The van der Waals surface area contributed by atoms with Crippen molar-refractivity contribution in [2.45, 2.75) is 6.42 Å². The van der Waals surface area contributed by atoms with Crippen molar-refractivity contribution in [1.82, 2.24) is 4.57 Å². The molecule has 13 heavy (non-hydrogen) atoms. The second kappa shape index (κ2) is 3.43. The molecule has 2 rings (SSSR count). The smallest absolute Gasteiger partial charge is 0.0477 e. The molecule has 0 N–H and O–H groups in total. The van der Waals surface area contributed by atoms with Crippen molar-refractivity contribution in [3.63, 3.8) is 0 Å². The van der Waals surface area contributed by atoms with Crippen LogP contribution in [-0.4, -0.2) is 10.4 Å². The molecule has 1 nitrogen and oxygen atoms in total. The molecule has 0 aliphatic carbocycles. The minimum atomic E-state index is 0.693. The summed E-state index contributed by atoms with van der Waals surface area (Å²) in [6, 6.07) is 8.63. The quantitative estimate of drug-likeness (QED) is 0.647. The van der Waals surface area contributed by atoms with Gasteiger partial charge in [-0.1, -0.05) is 6.07 Å². The summed E-state index contributed by atoms with van der Waals surface area (Å²) in [6.07, 6.45) is 3.03. The van der Waals surface area contributed by atoms with Gasteiger partial charge in [-0.3, -0.25) is 0 Å². The van der Waals surface area contributed by atoms with Crippen molar-refractivity contribution < 1.29 is 0 Å². The Morgan fingerprint density at radius 2 is 2.15 bits per heavy atom. The van der Waals surface area contributed by atoms with E-state index in [0.717, 1.165) is 6.42 Å². The fraction of sp³-hybridized carbons (Fsp3) is 0.273. The van der Waals surface area contributed by atoms with E-state index in [9.17, 15) is 0 Å². The first-order valence-corrected chi connectivity index (χ1v) is 4.94. The fourth-order valence-electron chi connectivity index (χ4n) is 1.60. The van der Waals surface area contributed by atoms with Gasteiger partial charge in [-0.2, -0.15) is 0 Å². The monoisotopic (exact) mass is 193 g/mol. The molecule has 68 valence electrons. The number of aryl methyl sites for hydroxylation is 2. The number of alkyl halides is 1. The second-order valence-electron chi connectivity index (χ2n) is 3.26. The van der Waals surface area contributed by atoms with Crippen LogP contribution in [0.4, 0.5) is 0 Å². The molecule has 0 unspecified atom stereocenters. The molecule has 0 atom stereocenters. The average molecular weight is 194 g/mol. The maximum absolute atomic E-state index is 5.69. The molecule has 0 radical (unpaired) electrons. The predicted molar refractivity (Wildman–Crippen MR) is 57.3 cm³/mol. The summed E-state index contributed by atoms with van der Waals surface area (Å²) in [4.78, 5) is 0. The summed E-state index contributed by atoms with van der Waals surface area (Å²) in [5.41, 5.74) is 2.59. The average Bonchev–Trinajstić information content (AvgIpc) is 2.48. The van der Waals surface area contributed by atoms with E-state index >= 15 is 0 Å². The number of benzene rings is 1. The van der Waals surface area contributed by atoms with E-state index in [4.69, 9.17) is 11.6 Å². The summed E-state index contributed by atoms with van der Waals surface area (Å²) in [5.74, 6) is 0.693. The molecular formula is C11H12ClN. The molecule has 0 amide bonds. The number of hydrogen-bond acceptors (Lipinski definition) is 0. The van der Waals surface area contributed by atoms with E-state index in [-0.39, 0.29) is 0 Å². The molecule has 1 aromatic carbocycles. The number of nitrogens with zero attached hydrogens (tertiary/aromatic N) is 1. The second-order valence-corrected chi connectivity index (χ2v) is 3.64. The van der Waals surface area contributed by atoms with Crippen molar-refractivity contribution in [2.75, 3.05) is 5.88 Å². The lowest BCUT2D eigenvalue weighted by molar-refractivity contribution is 0.968. The third-order valence-corrected chi connectivity index (χ3v) is 2.52. The predicted octanol–water partition coefficient (Wildman–Crippen LogP) is 2.96. The summed E-state index contributed by atoms with van der Waals surface area (Å²) >= 11 is 5.69. The van der Waals surface area contributed by atoms with Gasteiger partial charge in [0.2, 0.25) is 0 Å². The molecule has 2 aromatic rings. The summed E-state index contributed by atoms with van der Waals surface area (Å²) in [5, 5.41) is 1.30. The van der Waals surface area contributed by atoms with Crippen LogP contribution in [0.1, 0.15) is 5.56 Å². The van der Waals surface area contributed by atoms with E-state index in [1.54, 1.807) is 0 Å². The Kier molecular flexibility index (Phi) is 2.28. The van der Waals surface area contributed by atoms with Crippen LogP contribution in [-0.2, 0) is 13.5 Å². The van der Waals surface area contributed by atoms with Gasteiger partial charge in [-0.15, -0.1) is 11.6 Å². The van der Waals surface area contributed by atoms with Gasteiger partial charge in [-0.25, -0.2) is 0 Å². The Labute approximate surface area is 82.9 Å². The third kappa shape index (κ3) is 1.56. The minimum Gasteiger partial charge on any atom is -0.351 e. The molecule has 2 heteroatoms. The Morgan fingerprint density at radius 3 is 2.92 bits per heavy atom. The number of fused-ring (bicyclic) bond motifs is 1. The third-order valence-electron chi connectivity index (χ3n) is 2.33. The highest BCUT2D eigenvalue weighted by Crippen LogP contribution is 2.16. The van der Waals surface area contributed by atoms with Gasteiger partial charge in [0.25, 0.3) is 0 Å².